The van der Waals surface area contributed by atoms with Gasteiger partial charge in [0.1, 0.15) is 0 Å². The molecule has 1 N–H and O–H groups in total. The number of para-hydroxylation sites is 2. The summed E-state index contributed by atoms with van der Waals surface area (Å²) in [4.78, 5) is 2.07. The van der Waals surface area contributed by atoms with Gasteiger partial charge in [-0.3, -0.25) is 0 Å². The molecule has 21 heavy (non-hydrogen) atoms. The molecule has 0 aliphatic rings. The van der Waals surface area contributed by atoms with Crippen LogP contribution in [0, 0.1) is 6.92 Å². The van der Waals surface area contributed by atoms with Gasteiger partial charge in [-0.25, -0.2) is 0 Å². The van der Waals surface area contributed by atoms with E-state index in [-0.39, 0.29) is 0 Å². The number of rotatable bonds is 5. The van der Waals surface area contributed by atoms with Gasteiger partial charge < -0.3 is 15.0 Å². The monoisotopic (exact) mass is 300 g/mol. The fourth-order valence-electron chi connectivity index (χ4n) is 2.09. The van der Waals surface area contributed by atoms with Gasteiger partial charge in [-0.05, 0) is 42.9 Å². The Kier molecular flexibility index (Phi) is 5.72. The lowest BCUT2D eigenvalue weighted by Crippen LogP contribution is -2.37. The summed E-state index contributed by atoms with van der Waals surface area (Å²) in [6.45, 7) is 3.41. The van der Waals surface area contributed by atoms with E-state index in [1.165, 1.54) is 5.56 Å². The predicted molar refractivity (Wildman–Crippen MR) is 93.1 cm³/mol. The quantitative estimate of drug-likeness (QED) is 0.848. The third-order valence-corrected chi connectivity index (χ3v) is 3.52. The molecule has 2 rings (SSSR count). The number of anilines is 2. The van der Waals surface area contributed by atoms with Gasteiger partial charge in [0.15, 0.2) is 5.11 Å². The number of methoxy groups -OCH3 is 1. The SMILES string of the molecule is COCCN(C(=S)Nc1ccccc1)c1ccccc1C. The van der Waals surface area contributed by atoms with Gasteiger partial charge in [0.25, 0.3) is 0 Å². The maximum atomic E-state index is 5.57. The zero-order valence-electron chi connectivity index (χ0n) is 12.4. The normalized spacial score (nSPS) is 10.2. The lowest BCUT2D eigenvalue weighted by Gasteiger charge is -2.27. The summed E-state index contributed by atoms with van der Waals surface area (Å²) in [5, 5.41) is 3.95. The van der Waals surface area contributed by atoms with Crippen molar-refractivity contribution < 1.29 is 4.74 Å². The van der Waals surface area contributed by atoms with Crippen LogP contribution in [0.5, 0.6) is 0 Å². The molecule has 0 bridgehead atoms. The summed E-state index contributed by atoms with van der Waals surface area (Å²) >= 11 is 5.57. The summed E-state index contributed by atoms with van der Waals surface area (Å²) in [5.74, 6) is 0. The minimum Gasteiger partial charge on any atom is -0.383 e. The second-order valence-electron chi connectivity index (χ2n) is 4.73. The highest BCUT2D eigenvalue weighted by molar-refractivity contribution is 7.80. The molecule has 0 aromatic heterocycles. The van der Waals surface area contributed by atoms with Crippen LogP contribution in [0.3, 0.4) is 0 Å². The topological polar surface area (TPSA) is 24.5 Å². The van der Waals surface area contributed by atoms with Crippen molar-refractivity contribution in [2.75, 3.05) is 30.5 Å². The first kappa shape index (κ1) is 15.5. The fourth-order valence-corrected chi connectivity index (χ4v) is 2.40. The Morgan fingerprint density at radius 3 is 2.43 bits per heavy atom. The summed E-state index contributed by atoms with van der Waals surface area (Å²) in [7, 11) is 1.70. The minimum atomic E-state index is 0.616. The van der Waals surface area contributed by atoms with Crippen LogP contribution in [0.1, 0.15) is 5.56 Å². The molecule has 2 aromatic rings. The number of hydrogen-bond donors (Lipinski definition) is 1. The maximum absolute atomic E-state index is 5.57. The van der Waals surface area contributed by atoms with Crippen molar-refractivity contribution in [3.05, 3.63) is 60.2 Å². The minimum absolute atomic E-state index is 0.616. The van der Waals surface area contributed by atoms with Crippen LogP contribution in [0.15, 0.2) is 54.6 Å². The molecule has 4 heteroatoms. The van der Waals surface area contributed by atoms with Crippen LogP contribution in [-0.2, 0) is 4.74 Å². The van der Waals surface area contributed by atoms with Gasteiger partial charge in [0.05, 0.1) is 6.61 Å². The van der Waals surface area contributed by atoms with Crippen LogP contribution in [0.4, 0.5) is 11.4 Å². The molecule has 0 amide bonds. The molecule has 0 spiro atoms. The molecule has 2 aromatic carbocycles. The first-order valence-corrected chi connectivity index (χ1v) is 7.31. The highest BCUT2D eigenvalue weighted by Crippen LogP contribution is 2.20. The van der Waals surface area contributed by atoms with Gasteiger partial charge in [-0.15, -0.1) is 0 Å². The molecule has 0 aliphatic carbocycles. The molecule has 3 nitrogen and oxygen atoms in total. The second kappa shape index (κ2) is 7.76. The average Bonchev–Trinajstić information content (AvgIpc) is 2.50. The molecule has 0 saturated heterocycles. The number of benzene rings is 2. The van der Waals surface area contributed by atoms with E-state index in [1.54, 1.807) is 7.11 Å². The summed E-state index contributed by atoms with van der Waals surface area (Å²) in [6, 6.07) is 18.2. The Hall–Kier alpha value is -1.91. The molecule has 0 aliphatic heterocycles. The molecule has 0 saturated carbocycles. The molecular formula is C17H20N2OS. The number of nitrogens with one attached hydrogen (secondary N) is 1. The third kappa shape index (κ3) is 4.28. The van der Waals surface area contributed by atoms with E-state index in [4.69, 9.17) is 17.0 Å². The van der Waals surface area contributed by atoms with E-state index >= 15 is 0 Å². The van der Waals surface area contributed by atoms with Crippen LogP contribution >= 0.6 is 12.2 Å². The highest BCUT2D eigenvalue weighted by Gasteiger charge is 2.13. The van der Waals surface area contributed by atoms with Crippen LogP contribution in [0.2, 0.25) is 0 Å². The molecule has 0 atom stereocenters. The largest absolute Gasteiger partial charge is 0.383 e. The van der Waals surface area contributed by atoms with Gasteiger partial charge in [0, 0.05) is 25.0 Å². The summed E-state index contributed by atoms with van der Waals surface area (Å²) < 4.78 is 5.20. The number of ether oxygens (including phenoxy) is 1. The molecule has 110 valence electrons. The van der Waals surface area contributed by atoms with Crippen LogP contribution in [0.25, 0.3) is 0 Å². The van der Waals surface area contributed by atoms with E-state index in [2.05, 4.69) is 29.3 Å². The molecule has 0 heterocycles. The lowest BCUT2D eigenvalue weighted by molar-refractivity contribution is 0.208. The smallest absolute Gasteiger partial charge is 0.178 e. The molecular weight excluding hydrogens is 280 g/mol. The maximum Gasteiger partial charge on any atom is 0.178 e. The Balaban J connectivity index is 2.19. The van der Waals surface area contributed by atoms with E-state index in [1.807, 2.05) is 42.5 Å². The van der Waals surface area contributed by atoms with Gasteiger partial charge in [-0.1, -0.05) is 36.4 Å². The van der Waals surface area contributed by atoms with Crippen molar-refractivity contribution in [2.45, 2.75) is 6.92 Å². The number of aryl methyl sites for hydroxylation is 1. The first-order valence-electron chi connectivity index (χ1n) is 6.90. The van der Waals surface area contributed by atoms with Crippen molar-refractivity contribution in [1.82, 2.24) is 0 Å². The van der Waals surface area contributed by atoms with Crippen molar-refractivity contribution in [3.63, 3.8) is 0 Å². The standard InChI is InChI=1S/C17H20N2OS/c1-14-8-6-7-11-16(14)19(12-13-20-2)17(21)18-15-9-4-3-5-10-15/h3-11H,12-13H2,1-2H3,(H,18,21). The molecule has 0 unspecified atom stereocenters. The second-order valence-corrected chi connectivity index (χ2v) is 5.11. The predicted octanol–water partition coefficient (Wildman–Crippen LogP) is 3.84. The Morgan fingerprint density at radius 1 is 1.10 bits per heavy atom. The van der Waals surface area contributed by atoms with E-state index in [0.29, 0.717) is 18.3 Å². The number of hydrogen-bond acceptors (Lipinski definition) is 2. The zero-order chi connectivity index (χ0) is 15.1. The zero-order valence-corrected chi connectivity index (χ0v) is 13.2. The summed E-state index contributed by atoms with van der Waals surface area (Å²) in [5.41, 5.74) is 3.27. The van der Waals surface area contributed by atoms with Crippen molar-refractivity contribution in [1.29, 1.82) is 0 Å². The van der Waals surface area contributed by atoms with E-state index in [9.17, 15) is 0 Å². The first-order chi connectivity index (χ1) is 10.2. The van der Waals surface area contributed by atoms with Crippen molar-refractivity contribution >= 4 is 28.7 Å². The van der Waals surface area contributed by atoms with Crippen molar-refractivity contribution in [3.8, 4) is 0 Å². The van der Waals surface area contributed by atoms with Crippen LogP contribution < -0.4 is 10.2 Å². The number of nitrogens with zero attached hydrogens (tertiary/aromatic N) is 1. The Morgan fingerprint density at radius 2 is 1.76 bits per heavy atom. The number of thiocarbonyl (C=S) groups is 1. The van der Waals surface area contributed by atoms with Crippen molar-refractivity contribution in [2.24, 2.45) is 0 Å². The fraction of sp³-hybridized carbons (Fsp3) is 0.235. The Labute approximate surface area is 131 Å². The van der Waals surface area contributed by atoms with Crippen LogP contribution in [-0.4, -0.2) is 25.4 Å². The average molecular weight is 300 g/mol. The Bertz CT molecular complexity index is 586. The highest BCUT2D eigenvalue weighted by atomic mass is 32.1. The van der Waals surface area contributed by atoms with Gasteiger partial charge >= 0.3 is 0 Å². The van der Waals surface area contributed by atoms with Gasteiger partial charge in [-0.2, -0.15) is 0 Å². The van der Waals surface area contributed by atoms with E-state index in [0.717, 1.165) is 11.4 Å². The third-order valence-electron chi connectivity index (χ3n) is 3.20. The van der Waals surface area contributed by atoms with E-state index < -0.39 is 0 Å². The molecule has 0 fully saturated rings. The summed E-state index contributed by atoms with van der Waals surface area (Å²) in [6.07, 6.45) is 0. The van der Waals surface area contributed by atoms with Gasteiger partial charge in [0.2, 0.25) is 0 Å². The molecule has 0 radical (unpaired) electrons. The lowest BCUT2D eigenvalue weighted by atomic mass is 10.2.